The highest BCUT2D eigenvalue weighted by molar-refractivity contribution is 5.92. The van der Waals surface area contributed by atoms with Gasteiger partial charge in [-0.3, -0.25) is 4.79 Å². The molecule has 1 amide bonds. The van der Waals surface area contributed by atoms with Crippen molar-refractivity contribution in [3.8, 4) is 0 Å². The van der Waals surface area contributed by atoms with Crippen molar-refractivity contribution >= 4 is 11.7 Å². The Balaban J connectivity index is 1.92. The Hall–Kier alpha value is -1.69. The van der Waals surface area contributed by atoms with E-state index in [4.69, 9.17) is 5.84 Å². The van der Waals surface area contributed by atoms with Gasteiger partial charge in [0.15, 0.2) is 11.5 Å². The molecule has 4 N–H and O–H groups in total. The minimum atomic E-state index is -0.155. The lowest BCUT2D eigenvalue weighted by molar-refractivity contribution is 0.0913. The van der Waals surface area contributed by atoms with Crippen LogP contribution < -0.4 is 16.6 Å². The molecule has 1 aliphatic carbocycles. The van der Waals surface area contributed by atoms with Crippen molar-refractivity contribution in [1.82, 2.24) is 15.5 Å². The number of carbonyl (C=O) groups is 1. The molecule has 0 bridgehead atoms. The number of hydrogen-bond acceptors (Lipinski definition) is 5. The zero-order valence-electron chi connectivity index (χ0n) is 11.2. The number of carbonyl (C=O) groups excluding carboxylic acids is 1. The van der Waals surface area contributed by atoms with Crippen molar-refractivity contribution in [1.29, 1.82) is 0 Å². The number of hydrogen-bond donors (Lipinski definition) is 3. The number of nitrogens with two attached hydrogens (primary N) is 1. The van der Waals surface area contributed by atoms with E-state index in [0.717, 1.165) is 18.8 Å². The smallest absolute Gasteiger partial charge is 0.272 e. The topological polar surface area (TPSA) is 92.9 Å². The normalized spacial score (nSPS) is 22.8. The number of anilines is 1. The minimum absolute atomic E-state index is 0.155. The molecule has 0 spiro atoms. The van der Waals surface area contributed by atoms with Gasteiger partial charge in [-0.2, -0.15) is 0 Å². The van der Waals surface area contributed by atoms with Crippen LogP contribution in [0.2, 0.25) is 0 Å². The molecule has 0 aliphatic heterocycles. The second kappa shape index (κ2) is 6.47. The lowest BCUT2D eigenvalue weighted by Crippen LogP contribution is -2.38. The highest BCUT2D eigenvalue weighted by Gasteiger charge is 2.22. The first kappa shape index (κ1) is 13.7. The first-order valence-electron chi connectivity index (χ1n) is 6.84. The highest BCUT2D eigenvalue weighted by atomic mass is 16.2. The number of nitrogens with one attached hydrogen (secondary N) is 2. The third-order valence-corrected chi connectivity index (χ3v) is 3.74. The van der Waals surface area contributed by atoms with E-state index in [1.54, 1.807) is 12.1 Å². The fourth-order valence-corrected chi connectivity index (χ4v) is 2.58. The van der Waals surface area contributed by atoms with Crippen LogP contribution in [0, 0.1) is 5.92 Å². The van der Waals surface area contributed by atoms with Gasteiger partial charge in [-0.15, -0.1) is 10.2 Å². The summed E-state index contributed by atoms with van der Waals surface area (Å²) in [7, 11) is 0. The van der Waals surface area contributed by atoms with E-state index in [0.29, 0.717) is 11.5 Å². The van der Waals surface area contributed by atoms with Crippen LogP contribution in [0.1, 0.15) is 49.5 Å². The maximum atomic E-state index is 12.0. The zero-order valence-corrected chi connectivity index (χ0v) is 11.2. The molecule has 19 heavy (non-hydrogen) atoms. The van der Waals surface area contributed by atoms with Gasteiger partial charge in [-0.1, -0.05) is 26.2 Å². The van der Waals surface area contributed by atoms with Gasteiger partial charge in [0.1, 0.15) is 0 Å². The van der Waals surface area contributed by atoms with Gasteiger partial charge in [0.2, 0.25) is 0 Å². The van der Waals surface area contributed by atoms with Crippen LogP contribution in [0.5, 0.6) is 0 Å². The van der Waals surface area contributed by atoms with Gasteiger partial charge in [0.05, 0.1) is 0 Å². The largest absolute Gasteiger partial charge is 0.348 e. The van der Waals surface area contributed by atoms with E-state index in [1.807, 2.05) is 0 Å². The van der Waals surface area contributed by atoms with E-state index in [1.165, 1.54) is 19.3 Å². The third kappa shape index (κ3) is 3.64. The molecule has 6 heteroatoms. The van der Waals surface area contributed by atoms with Crippen LogP contribution in [-0.4, -0.2) is 22.1 Å². The van der Waals surface area contributed by atoms with Crippen LogP contribution in [0.4, 0.5) is 5.82 Å². The first-order chi connectivity index (χ1) is 9.22. The summed E-state index contributed by atoms with van der Waals surface area (Å²) in [6.07, 6.45) is 5.77. The molecular formula is C13H21N5O. The van der Waals surface area contributed by atoms with Gasteiger partial charge in [0, 0.05) is 6.04 Å². The molecule has 0 aromatic carbocycles. The molecule has 1 aliphatic rings. The lowest BCUT2D eigenvalue weighted by atomic mass is 9.84. The first-order valence-corrected chi connectivity index (χ1v) is 6.84. The fraction of sp³-hybridized carbons (Fsp3) is 0.615. The summed E-state index contributed by atoms with van der Waals surface area (Å²) in [5, 5.41) is 10.7. The molecule has 2 rings (SSSR count). The number of aromatic nitrogens is 2. The fourth-order valence-electron chi connectivity index (χ4n) is 2.58. The zero-order chi connectivity index (χ0) is 13.7. The monoisotopic (exact) mass is 263 g/mol. The number of amides is 1. The van der Waals surface area contributed by atoms with Crippen molar-refractivity contribution < 1.29 is 4.79 Å². The van der Waals surface area contributed by atoms with Crippen LogP contribution in [0.3, 0.4) is 0 Å². The van der Waals surface area contributed by atoms with Crippen LogP contribution in [0.25, 0.3) is 0 Å². The van der Waals surface area contributed by atoms with Gasteiger partial charge in [0.25, 0.3) is 5.91 Å². The van der Waals surface area contributed by atoms with Crippen molar-refractivity contribution in [2.75, 3.05) is 5.43 Å². The molecule has 0 saturated heterocycles. The summed E-state index contributed by atoms with van der Waals surface area (Å²) in [6, 6.07) is 3.52. The molecule has 2 atom stereocenters. The molecule has 1 aromatic rings. The summed E-state index contributed by atoms with van der Waals surface area (Å²) in [5.41, 5.74) is 2.71. The Morgan fingerprint density at radius 2 is 2.26 bits per heavy atom. The maximum absolute atomic E-state index is 12.0. The van der Waals surface area contributed by atoms with Crippen LogP contribution in [-0.2, 0) is 0 Å². The van der Waals surface area contributed by atoms with Crippen molar-refractivity contribution in [2.45, 2.75) is 45.1 Å². The number of rotatable bonds is 4. The summed E-state index contributed by atoms with van der Waals surface area (Å²) in [6.45, 7) is 2.21. The quantitative estimate of drug-likeness (QED) is 0.565. The number of hydrazine groups is 1. The Morgan fingerprint density at radius 1 is 1.42 bits per heavy atom. The number of nitrogen functional groups attached to an aromatic ring is 1. The summed E-state index contributed by atoms with van der Waals surface area (Å²) in [4.78, 5) is 12.0. The average Bonchev–Trinajstić information content (AvgIpc) is 2.47. The highest BCUT2D eigenvalue weighted by Crippen LogP contribution is 2.26. The molecule has 1 fully saturated rings. The van der Waals surface area contributed by atoms with E-state index >= 15 is 0 Å². The van der Waals surface area contributed by atoms with Crippen molar-refractivity contribution in [3.63, 3.8) is 0 Å². The lowest BCUT2D eigenvalue weighted by Gasteiger charge is -2.28. The average molecular weight is 263 g/mol. The molecule has 1 saturated carbocycles. The SMILES string of the molecule is CCC1CCCC(NC(=O)c2ccc(NN)nn2)C1. The predicted octanol–water partition coefficient (Wildman–Crippen LogP) is 1.46. The van der Waals surface area contributed by atoms with Crippen LogP contribution >= 0.6 is 0 Å². The maximum Gasteiger partial charge on any atom is 0.272 e. The Labute approximate surface area is 113 Å². The Kier molecular flexibility index (Phi) is 4.68. The molecule has 1 aromatic heterocycles. The molecule has 1 heterocycles. The summed E-state index contributed by atoms with van der Waals surface area (Å²) < 4.78 is 0. The van der Waals surface area contributed by atoms with E-state index < -0.39 is 0 Å². The van der Waals surface area contributed by atoms with Crippen molar-refractivity contribution in [3.05, 3.63) is 17.8 Å². The molecule has 6 nitrogen and oxygen atoms in total. The van der Waals surface area contributed by atoms with Crippen molar-refractivity contribution in [2.24, 2.45) is 11.8 Å². The van der Waals surface area contributed by atoms with Gasteiger partial charge < -0.3 is 10.7 Å². The van der Waals surface area contributed by atoms with E-state index in [-0.39, 0.29) is 11.9 Å². The van der Waals surface area contributed by atoms with E-state index in [9.17, 15) is 4.79 Å². The minimum Gasteiger partial charge on any atom is -0.348 e. The van der Waals surface area contributed by atoms with E-state index in [2.05, 4.69) is 27.9 Å². The molecule has 2 unspecified atom stereocenters. The molecule has 104 valence electrons. The molecule has 0 radical (unpaired) electrons. The van der Waals surface area contributed by atoms with Crippen LogP contribution in [0.15, 0.2) is 12.1 Å². The number of nitrogens with zero attached hydrogens (tertiary/aromatic N) is 2. The Morgan fingerprint density at radius 3 is 2.89 bits per heavy atom. The summed E-state index contributed by atoms with van der Waals surface area (Å²) in [5.74, 6) is 6.22. The predicted molar refractivity (Wildman–Crippen MR) is 73.3 cm³/mol. The summed E-state index contributed by atoms with van der Waals surface area (Å²) >= 11 is 0. The van der Waals surface area contributed by atoms with Gasteiger partial charge in [-0.05, 0) is 30.9 Å². The van der Waals surface area contributed by atoms with Gasteiger partial charge >= 0.3 is 0 Å². The Bertz CT molecular complexity index is 420. The molecular weight excluding hydrogens is 242 g/mol. The van der Waals surface area contributed by atoms with Gasteiger partial charge in [-0.25, -0.2) is 5.84 Å². The second-order valence-electron chi connectivity index (χ2n) is 5.06. The second-order valence-corrected chi connectivity index (χ2v) is 5.06. The third-order valence-electron chi connectivity index (χ3n) is 3.74. The standard InChI is InChI=1S/C13H21N5O/c1-2-9-4-3-5-10(8-9)15-13(19)11-6-7-12(16-14)18-17-11/h6-7,9-10H,2-5,8,14H2,1H3,(H,15,19)(H,16,18).